The fourth-order valence-corrected chi connectivity index (χ4v) is 1.15. The number of nitrogens with one attached hydrogen (secondary N) is 1. The summed E-state index contributed by atoms with van der Waals surface area (Å²) in [7, 11) is 6.40. The largest absolute Gasteiger partial charge is 1.00 e. The van der Waals surface area contributed by atoms with E-state index in [9.17, 15) is 4.79 Å². The van der Waals surface area contributed by atoms with E-state index in [1.807, 2.05) is 4.90 Å². The zero-order valence-electron chi connectivity index (χ0n) is 8.51. The number of hydrogen-bond donors (Lipinski definition) is 1. The molecular weight excluding hydrogens is 190 g/mol. The Morgan fingerprint density at radius 3 is 2.46 bits per heavy atom. The van der Waals surface area contributed by atoms with Gasteiger partial charge in [-0.3, -0.25) is 0 Å². The minimum absolute atomic E-state index is 0. The predicted octanol–water partition coefficient (Wildman–Crippen LogP) is -3.28. The number of halogens is 1. The molecule has 0 atom stereocenters. The maximum atomic E-state index is 11.1. The van der Waals surface area contributed by atoms with Crippen LogP contribution in [-0.4, -0.2) is 62.7 Å². The van der Waals surface area contributed by atoms with Crippen LogP contribution in [0.2, 0.25) is 0 Å². The summed E-state index contributed by atoms with van der Waals surface area (Å²) in [5, 5.41) is 2.79. The minimum atomic E-state index is 0. The highest BCUT2D eigenvalue weighted by Gasteiger charge is 2.21. The van der Waals surface area contributed by atoms with Gasteiger partial charge in [0.1, 0.15) is 0 Å². The van der Waals surface area contributed by atoms with Crippen LogP contribution in [0.25, 0.3) is 0 Å². The van der Waals surface area contributed by atoms with E-state index in [-0.39, 0.29) is 18.4 Å². The van der Waals surface area contributed by atoms with Crippen LogP contribution in [0, 0.1) is 0 Å². The Morgan fingerprint density at radius 1 is 1.46 bits per heavy atom. The smallest absolute Gasteiger partial charge is 0.317 e. The maximum Gasteiger partial charge on any atom is 0.317 e. The Kier molecular flexibility index (Phi) is 4.50. The van der Waals surface area contributed by atoms with Crippen LogP contribution in [0.3, 0.4) is 0 Å². The van der Waals surface area contributed by atoms with Gasteiger partial charge in [0.05, 0.1) is 34.2 Å². The Morgan fingerprint density at radius 2 is 2.08 bits per heavy atom. The second-order valence-corrected chi connectivity index (χ2v) is 4.23. The number of rotatable bonds is 3. The molecule has 2 amide bonds. The SMILES string of the molecule is C[N+](C)(C)CCN1CCNC1=O.[Cl-]. The normalized spacial score (nSPS) is 16.8. The van der Waals surface area contributed by atoms with E-state index in [1.54, 1.807) is 0 Å². The van der Waals surface area contributed by atoms with Gasteiger partial charge < -0.3 is 27.1 Å². The first kappa shape index (κ1) is 12.5. The van der Waals surface area contributed by atoms with Crippen molar-refractivity contribution in [3.63, 3.8) is 0 Å². The fourth-order valence-electron chi connectivity index (χ4n) is 1.15. The van der Waals surface area contributed by atoms with Crippen LogP contribution in [0.1, 0.15) is 0 Å². The molecule has 0 bridgehead atoms. The van der Waals surface area contributed by atoms with E-state index < -0.39 is 0 Å². The van der Waals surface area contributed by atoms with Crippen molar-refractivity contribution < 1.29 is 21.7 Å². The molecule has 5 heteroatoms. The third-order valence-corrected chi connectivity index (χ3v) is 1.99. The van der Waals surface area contributed by atoms with E-state index in [1.165, 1.54) is 0 Å². The zero-order chi connectivity index (χ0) is 9.19. The summed E-state index contributed by atoms with van der Waals surface area (Å²) in [5.74, 6) is 0. The topological polar surface area (TPSA) is 32.3 Å². The van der Waals surface area contributed by atoms with Crippen LogP contribution < -0.4 is 17.7 Å². The summed E-state index contributed by atoms with van der Waals surface area (Å²) in [6.45, 7) is 3.53. The molecule has 1 N–H and O–H groups in total. The lowest BCUT2D eigenvalue weighted by Crippen LogP contribution is -3.00. The highest BCUT2D eigenvalue weighted by Crippen LogP contribution is 1.98. The molecule has 0 aliphatic carbocycles. The van der Waals surface area contributed by atoms with Crippen molar-refractivity contribution in [1.82, 2.24) is 10.2 Å². The van der Waals surface area contributed by atoms with Crippen molar-refractivity contribution in [3.05, 3.63) is 0 Å². The number of carbonyl (C=O) groups excluding carboxylic acids is 1. The van der Waals surface area contributed by atoms with Gasteiger partial charge in [-0.25, -0.2) is 4.79 Å². The van der Waals surface area contributed by atoms with Crippen LogP contribution in [0.5, 0.6) is 0 Å². The zero-order valence-corrected chi connectivity index (χ0v) is 9.26. The third-order valence-electron chi connectivity index (χ3n) is 1.99. The second-order valence-electron chi connectivity index (χ2n) is 4.23. The molecule has 13 heavy (non-hydrogen) atoms. The highest BCUT2D eigenvalue weighted by atomic mass is 35.5. The van der Waals surface area contributed by atoms with Crippen molar-refractivity contribution in [3.8, 4) is 0 Å². The summed E-state index contributed by atoms with van der Waals surface area (Å²) in [6, 6.07) is 0.0865. The lowest BCUT2D eigenvalue weighted by Gasteiger charge is -2.26. The van der Waals surface area contributed by atoms with Crippen molar-refractivity contribution in [2.45, 2.75) is 0 Å². The molecule has 0 aromatic heterocycles. The molecule has 0 radical (unpaired) electrons. The summed E-state index contributed by atoms with van der Waals surface area (Å²) in [6.07, 6.45) is 0. The lowest BCUT2D eigenvalue weighted by atomic mass is 10.4. The number of urea groups is 1. The van der Waals surface area contributed by atoms with Crippen LogP contribution in [0.15, 0.2) is 0 Å². The first-order valence-electron chi connectivity index (χ1n) is 4.32. The van der Waals surface area contributed by atoms with Gasteiger partial charge in [-0.1, -0.05) is 0 Å². The van der Waals surface area contributed by atoms with Gasteiger partial charge in [0.25, 0.3) is 0 Å². The van der Waals surface area contributed by atoms with Crippen LogP contribution in [-0.2, 0) is 0 Å². The molecule has 1 fully saturated rings. The van der Waals surface area contributed by atoms with Crippen molar-refractivity contribution in [2.75, 3.05) is 47.3 Å². The molecule has 0 spiro atoms. The molecule has 78 valence electrons. The van der Waals surface area contributed by atoms with Gasteiger partial charge in [-0.2, -0.15) is 0 Å². The van der Waals surface area contributed by atoms with Gasteiger partial charge >= 0.3 is 6.03 Å². The van der Waals surface area contributed by atoms with E-state index in [2.05, 4.69) is 26.5 Å². The second kappa shape index (κ2) is 4.67. The van der Waals surface area contributed by atoms with E-state index >= 15 is 0 Å². The number of hydrogen-bond acceptors (Lipinski definition) is 1. The Labute approximate surface area is 85.9 Å². The number of amides is 2. The molecule has 0 aromatic carbocycles. The van der Waals surface area contributed by atoms with Gasteiger partial charge in [-0.05, 0) is 0 Å². The molecule has 1 aliphatic heterocycles. The molecule has 1 rings (SSSR count). The van der Waals surface area contributed by atoms with Gasteiger partial charge in [0.15, 0.2) is 0 Å². The lowest BCUT2D eigenvalue weighted by molar-refractivity contribution is -0.869. The van der Waals surface area contributed by atoms with E-state index in [0.29, 0.717) is 0 Å². The summed E-state index contributed by atoms with van der Waals surface area (Å²) in [4.78, 5) is 13.0. The Hall–Kier alpha value is -0.480. The predicted molar refractivity (Wildman–Crippen MR) is 47.9 cm³/mol. The maximum absolute atomic E-state index is 11.1. The van der Waals surface area contributed by atoms with Gasteiger partial charge in [-0.15, -0.1) is 0 Å². The standard InChI is InChI=1S/C8H17N3O.ClH/c1-11(2,3)7-6-10-5-4-9-8(10)12;/h4-7H2,1-3H3;1H. The first-order chi connectivity index (χ1) is 5.49. The molecule has 4 nitrogen and oxygen atoms in total. The Bertz CT molecular complexity index is 179. The molecule has 1 aliphatic rings. The monoisotopic (exact) mass is 207 g/mol. The molecular formula is C8H18ClN3O. The summed E-state index contributed by atoms with van der Waals surface area (Å²) < 4.78 is 0.907. The van der Waals surface area contributed by atoms with Crippen molar-refractivity contribution >= 4 is 6.03 Å². The van der Waals surface area contributed by atoms with Crippen LogP contribution in [0.4, 0.5) is 4.79 Å². The summed E-state index contributed by atoms with van der Waals surface area (Å²) in [5.41, 5.74) is 0. The molecule has 1 saturated heterocycles. The van der Waals surface area contributed by atoms with Crippen LogP contribution >= 0.6 is 0 Å². The average Bonchev–Trinajstić information content (AvgIpc) is 2.29. The number of likely N-dealkylation sites (N-methyl/N-ethyl adjacent to an activating group) is 1. The quantitative estimate of drug-likeness (QED) is 0.484. The molecule has 1 heterocycles. The number of carbonyl (C=O) groups is 1. The number of nitrogens with zero attached hydrogens (tertiary/aromatic N) is 2. The summed E-state index contributed by atoms with van der Waals surface area (Å²) >= 11 is 0. The number of quaternary nitrogens is 1. The van der Waals surface area contributed by atoms with Gasteiger partial charge in [0.2, 0.25) is 0 Å². The third kappa shape index (κ3) is 4.33. The highest BCUT2D eigenvalue weighted by molar-refractivity contribution is 5.76. The van der Waals surface area contributed by atoms with E-state index in [0.717, 1.165) is 30.7 Å². The average molecular weight is 208 g/mol. The molecule has 0 aromatic rings. The molecule has 0 saturated carbocycles. The molecule has 0 unspecified atom stereocenters. The minimum Gasteiger partial charge on any atom is -1.00 e. The van der Waals surface area contributed by atoms with E-state index in [4.69, 9.17) is 0 Å². The van der Waals surface area contributed by atoms with Gasteiger partial charge in [0, 0.05) is 13.1 Å². The fraction of sp³-hybridized carbons (Fsp3) is 0.875. The van der Waals surface area contributed by atoms with Crippen molar-refractivity contribution in [1.29, 1.82) is 0 Å². The Balaban J connectivity index is 0.00000144. The first-order valence-corrected chi connectivity index (χ1v) is 4.32. The van der Waals surface area contributed by atoms with Crippen molar-refractivity contribution in [2.24, 2.45) is 0 Å².